The Hall–Kier alpha value is -1.40. The van der Waals surface area contributed by atoms with Gasteiger partial charge >= 0.3 is 0 Å². The molecular weight excluding hydrogens is 274 g/mol. The van der Waals surface area contributed by atoms with Gasteiger partial charge in [0.15, 0.2) is 5.84 Å². The van der Waals surface area contributed by atoms with Crippen LogP contribution in [-0.4, -0.2) is 36.7 Å². The van der Waals surface area contributed by atoms with Crippen molar-refractivity contribution in [3.8, 4) is 5.75 Å². The molecule has 0 fully saturated rings. The van der Waals surface area contributed by atoms with Crippen LogP contribution in [0, 0.1) is 0 Å². The largest absolute Gasteiger partial charge is 0.496 e. The van der Waals surface area contributed by atoms with Crippen LogP contribution in [0.3, 0.4) is 0 Å². The smallest absolute Gasteiger partial charge is 0.173 e. The van der Waals surface area contributed by atoms with E-state index >= 15 is 0 Å². The molecule has 20 heavy (non-hydrogen) atoms. The van der Waals surface area contributed by atoms with Gasteiger partial charge < -0.3 is 21.0 Å². The van der Waals surface area contributed by atoms with Crippen molar-refractivity contribution in [3.63, 3.8) is 0 Å². The van der Waals surface area contributed by atoms with E-state index in [1.165, 1.54) is 18.6 Å². The lowest BCUT2D eigenvalue weighted by atomic mass is 10.1. The second kappa shape index (κ2) is 9.50. The van der Waals surface area contributed by atoms with Crippen LogP contribution < -0.4 is 15.8 Å². The highest BCUT2D eigenvalue weighted by Crippen LogP contribution is 2.20. The Morgan fingerprint density at radius 2 is 2.25 bits per heavy atom. The standard InChI is InChI=1S/C14H23N3O2S/c1-19-13-9-11(5-6-12(13)14(15)17-18)10-16-7-3-4-8-20-2/h5-6,9,16,18H,3-4,7-8,10H2,1-2H3,(H2,15,17). The topological polar surface area (TPSA) is 79.9 Å². The maximum atomic E-state index is 8.72. The molecule has 0 radical (unpaired) electrons. The molecular formula is C14H23N3O2S. The lowest BCUT2D eigenvalue weighted by Gasteiger charge is -2.10. The molecule has 1 rings (SSSR count). The fourth-order valence-corrected chi connectivity index (χ4v) is 2.33. The number of oxime groups is 1. The monoisotopic (exact) mass is 297 g/mol. The number of nitrogens with zero attached hydrogens (tertiary/aromatic N) is 1. The van der Waals surface area contributed by atoms with E-state index in [-0.39, 0.29) is 5.84 Å². The quantitative estimate of drug-likeness (QED) is 0.214. The normalized spacial score (nSPS) is 11.6. The van der Waals surface area contributed by atoms with Gasteiger partial charge in [-0.15, -0.1) is 0 Å². The summed E-state index contributed by atoms with van der Waals surface area (Å²) >= 11 is 1.88. The molecule has 0 bridgehead atoms. The first-order valence-electron chi connectivity index (χ1n) is 6.57. The molecule has 0 heterocycles. The fourth-order valence-electron chi connectivity index (χ4n) is 1.84. The van der Waals surface area contributed by atoms with Gasteiger partial charge in [-0.25, -0.2) is 0 Å². The Morgan fingerprint density at radius 3 is 2.90 bits per heavy atom. The van der Waals surface area contributed by atoms with Crippen molar-refractivity contribution in [1.29, 1.82) is 0 Å². The van der Waals surface area contributed by atoms with Crippen molar-refractivity contribution in [2.75, 3.05) is 25.7 Å². The van der Waals surface area contributed by atoms with Gasteiger partial charge in [0.25, 0.3) is 0 Å². The molecule has 0 spiro atoms. The molecule has 0 saturated heterocycles. The summed E-state index contributed by atoms with van der Waals surface area (Å²) in [6.07, 6.45) is 4.54. The maximum Gasteiger partial charge on any atom is 0.173 e. The van der Waals surface area contributed by atoms with Crippen molar-refractivity contribution in [3.05, 3.63) is 29.3 Å². The Morgan fingerprint density at radius 1 is 1.45 bits per heavy atom. The van der Waals surface area contributed by atoms with Crippen LogP contribution in [0.5, 0.6) is 5.75 Å². The summed E-state index contributed by atoms with van der Waals surface area (Å²) in [6.45, 7) is 1.79. The van der Waals surface area contributed by atoms with E-state index in [1.807, 2.05) is 23.9 Å². The predicted molar refractivity (Wildman–Crippen MR) is 84.8 cm³/mol. The first-order chi connectivity index (χ1) is 9.72. The van der Waals surface area contributed by atoms with Gasteiger partial charge in [-0.3, -0.25) is 0 Å². The van der Waals surface area contributed by atoms with Gasteiger partial charge in [-0.1, -0.05) is 11.2 Å². The third kappa shape index (κ3) is 5.30. The van der Waals surface area contributed by atoms with Gasteiger partial charge in [0.05, 0.1) is 12.7 Å². The van der Waals surface area contributed by atoms with E-state index < -0.39 is 0 Å². The highest BCUT2D eigenvalue weighted by Gasteiger charge is 2.08. The number of hydrogen-bond donors (Lipinski definition) is 3. The zero-order valence-corrected chi connectivity index (χ0v) is 12.9. The molecule has 0 aliphatic rings. The molecule has 6 heteroatoms. The summed E-state index contributed by atoms with van der Waals surface area (Å²) in [5.74, 6) is 1.88. The van der Waals surface area contributed by atoms with E-state index in [4.69, 9.17) is 15.7 Å². The zero-order valence-electron chi connectivity index (χ0n) is 12.1. The SMILES string of the molecule is COc1cc(CNCCCCSC)ccc1/C(N)=N/O. The Kier molecular flexibility index (Phi) is 7.91. The number of methoxy groups -OCH3 is 1. The van der Waals surface area contributed by atoms with Crippen LogP contribution in [0.4, 0.5) is 0 Å². The van der Waals surface area contributed by atoms with Gasteiger partial charge in [-0.05, 0) is 49.1 Å². The Labute approximate surface area is 124 Å². The number of amidine groups is 1. The van der Waals surface area contributed by atoms with Gasteiger partial charge in [0, 0.05) is 6.54 Å². The molecule has 0 unspecified atom stereocenters. The lowest BCUT2D eigenvalue weighted by molar-refractivity contribution is 0.318. The van der Waals surface area contributed by atoms with E-state index in [9.17, 15) is 0 Å². The van der Waals surface area contributed by atoms with Gasteiger partial charge in [0.1, 0.15) is 5.75 Å². The number of thioether (sulfide) groups is 1. The van der Waals surface area contributed by atoms with Crippen LogP contribution in [0.25, 0.3) is 0 Å². The van der Waals surface area contributed by atoms with Crippen LogP contribution >= 0.6 is 11.8 Å². The van der Waals surface area contributed by atoms with Crippen LogP contribution in [0.2, 0.25) is 0 Å². The second-order valence-corrected chi connectivity index (χ2v) is 5.38. The molecule has 1 aromatic carbocycles. The summed E-state index contributed by atoms with van der Waals surface area (Å²) in [4.78, 5) is 0. The minimum Gasteiger partial charge on any atom is -0.496 e. The average Bonchev–Trinajstić information content (AvgIpc) is 2.49. The molecule has 4 N–H and O–H groups in total. The number of rotatable bonds is 9. The third-order valence-electron chi connectivity index (χ3n) is 2.93. The third-order valence-corrected chi connectivity index (χ3v) is 3.63. The minimum absolute atomic E-state index is 0.0541. The first-order valence-corrected chi connectivity index (χ1v) is 7.96. The molecule has 0 aliphatic carbocycles. The number of nitrogens with one attached hydrogen (secondary N) is 1. The number of nitrogens with two attached hydrogens (primary N) is 1. The number of benzene rings is 1. The van der Waals surface area contributed by atoms with Crippen LogP contribution in [-0.2, 0) is 6.54 Å². The van der Waals surface area contributed by atoms with Gasteiger partial charge in [0.2, 0.25) is 0 Å². The second-order valence-electron chi connectivity index (χ2n) is 4.40. The lowest BCUT2D eigenvalue weighted by Crippen LogP contribution is -2.17. The van der Waals surface area contributed by atoms with Crippen molar-refractivity contribution in [1.82, 2.24) is 5.32 Å². The molecule has 0 aliphatic heterocycles. The zero-order chi connectivity index (χ0) is 14.8. The fraction of sp³-hybridized carbons (Fsp3) is 0.500. The predicted octanol–water partition coefficient (Wildman–Crippen LogP) is 2.02. The number of ether oxygens (including phenoxy) is 1. The Bertz CT molecular complexity index is 438. The van der Waals surface area contributed by atoms with Crippen LogP contribution in [0.1, 0.15) is 24.0 Å². The van der Waals surface area contributed by atoms with E-state index in [2.05, 4.69) is 16.7 Å². The summed E-state index contributed by atoms with van der Waals surface area (Å²) < 4.78 is 5.27. The molecule has 0 aromatic heterocycles. The highest BCUT2D eigenvalue weighted by atomic mass is 32.2. The molecule has 0 atom stereocenters. The van der Waals surface area contributed by atoms with Crippen molar-refractivity contribution >= 4 is 17.6 Å². The van der Waals surface area contributed by atoms with E-state index in [0.717, 1.165) is 18.7 Å². The van der Waals surface area contributed by atoms with Crippen molar-refractivity contribution < 1.29 is 9.94 Å². The summed E-state index contributed by atoms with van der Waals surface area (Å²) in [7, 11) is 1.57. The number of unbranched alkanes of at least 4 members (excludes halogenated alkanes) is 1. The van der Waals surface area contributed by atoms with Crippen LogP contribution in [0.15, 0.2) is 23.4 Å². The Balaban J connectivity index is 2.51. The highest BCUT2D eigenvalue weighted by molar-refractivity contribution is 7.98. The molecule has 5 nitrogen and oxygen atoms in total. The molecule has 112 valence electrons. The summed E-state index contributed by atoms with van der Waals surface area (Å²) in [5, 5.41) is 15.1. The average molecular weight is 297 g/mol. The first kappa shape index (κ1) is 16.7. The summed E-state index contributed by atoms with van der Waals surface area (Å²) in [5.41, 5.74) is 7.30. The van der Waals surface area contributed by atoms with E-state index in [0.29, 0.717) is 11.3 Å². The molecule has 0 saturated carbocycles. The van der Waals surface area contributed by atoms with Gasteiger partial charge in [-0.2, -0.15) is 11.8 Å². The maximum absolute atomic E-state index is 8.72. The van der Waals surface area contributed by atoms with E-state index in [1.54, 1.807) is 13.2 Å². The summed E-state index contributed by atoms with van der Waals surface area (Å²) in [6, 6.07) is 5.66. The van der Waals surface area contributed by atoms with Crippen molar-refractivity contribution in [2.45, 2.75) is 19.4 Å². The van der Waals surface area contributed by atoms with Crippen molar-refractivity contribution in [2.24, 2.45) is 10.9 Å². The molecule has 0 amide bonds. The molecule has 1 aromatic rings. The number of hydrogen-bond acceptors (Lipinski definition) is 5. The minimum atomic E-state index is 0.0541.